The number of nitrogens with one attached hydrogen (secondary N) is 1. The number of ether oxygens (including phenoxy) is 1. The van der Waals surface area contributed by atoms with Crippen LogP contribution >= 0.6 is 31.9 Å². The number of carbonyl (C=O) groups is 1. The molecule has 0 aromatic heterocycles. The zero-order chi connectivity index (χ0) is 15.3. The Hall–Kier alpha value is -1.19. The highest BCUT2D eigenvalue weighted by Gasteiger charge is 2.17. The molecule has 0 radical (unpaired) electrons. The average Bonchev–Trinajstić information content (AvgIpc) is 2.36. The molecule has 7 nitrogen and oxygen atoms in total. The molecule has 0 saturated heterocycles. The largest absolute Gasteiger partial charge is 0.491 e. The molecule has 0 fully saturated rings. The monoisotopic (exact) mass is 409 g/mol. The normalized spacial score (nSPS) is 11.9. The van der Waals surface area contributed by atoms with Gasteiger partial charge in [-0.3, -0.25) is 14.9 Å². The second kappa shape index (κ2) is 7.55. The number of rotatable bonds is 7. The summed E-state index contributed by atoms with van der Waals surface area (Å²) in [5, 5.41) is 13.5. The van der Waals surface area contributed by atoms with Gasteiger partial charge in [-0.2, -0.15) is 0 Å². The number of hydrogen-bond donors (Lipinski definition) is 2. The summed E-state index contributed by atoms with van der Waals surface area (Å²) in [7, 11) is 1.63. The van der Waals surface area contributed by atoms with Crippen molar-refractivity contribution < 1.29 is 14.5 Å². The first kappa shape index (κ1) is 16.9. The van der Waals surface area contributed by atoms with Crippen LogP contribution in [0.5, 0.6) is 5.75 Å². The lowest BCUT2D eigenvalue weighted by Crippen LogP contribution is -2.40. The van der Waals surface area contributed by atoms with Gasteiger partial charge in [-0.15, -0.1) is 0 Å². The van der Waals surface area contributed by atoms with Crippen LogP contribution in [0.1, 0.15) is 6.42 Å². The number of primary amides is 1. The zero-order valence-corrected chi connectivity index (χ0v) is 13.7. The van der Waals surface area contributed by atoms with Crippen molar-refractivity contribution >= 4 is 43.5 Å². The fourth-order valence-electron chi connectivity index (χ4n) is 1.50. The van der Waals surface area contributed by atoms with Crippen LogP contribution in [0.3, 0.4) is 0 Å². The van der Waals surface area contributed by atoms with Gasteiger partial charge in [0, 0.05) is 18.6 Å². The summed E-state index contributed by atoms with van der Waals surface area (Å²) >= 11 is 6.43. The van der Waals surface area contributed by atoms with Gasteiger partial charge in [0.05, 0.1) is 26.5 Å². The Morgan fingerprint density at radius 1 is 1.50 bits per heavy atom. The Bertz CT molecular complexity index is 501. The third-order valence-corrected chi connectivity index (χ3v) is 3.72. The van der Waals surface area contributed by atoms with Gasteiger partial charge in [-0.1, -0.05) is 0 Å². The predicted molar refractivity (Wildman–Crippen MR) is 80.7 cm³/mol. The minimum atomic E-state index is -0.497. The molecule has 1 amide bonds. The van der Waals surface area contributed by atoms with Crippen LogP contribution in [0.4, 0.5) is 5.69 Å². The van der Waals surface area contributed by atoms with E-state index in [4.69, 9.17) is 10.5 Å². The first-order chi connectivity index (χ1) is 9.36. The van der Waals surface area contributed by atoms with E-state index in [0.717, 1.165) is 0 Å². The van der Waals surface area contributed by atoms with E-state index < -0.39 is 16.9 Å². The molecule has 0 saturated carbocycles. The Kier molecular flexibility index (Phi) is 6.37. The van der Waals surface area contributed by atoms with Crippen LogP contribution in [0.2, 0.25) is 0 Å². The molecule has 110 valence electrons. The van der Waals surface area contributed by atoms with E-state index >= 15 is 0 Å². The third-order valence-electron chi connectivity index (χ3n) is 2.54. The predicted octanol–water partition coefficient (Wildman–Crippen LogP) is 1.96. The number of non-ortho nitro benzene ring substituents is 1. The smallest absolute Gasteiger partial charge is 0.271 e. The number of amides is 1. The SMILES string of the molecule is CNC(CCOc1c(Br)cc([N+](=O)[O-])cc1Br)C(N)=O. The number of benzene rings is 1. The average molecular weight is 411 g/mol. The molecule has 0 aliphatic heterocycles. The van der Waals surface area contributed by atoms with Gasteiger partial charge in [-0.25, -0.2) is 0 Å². The van der Waals surface area contributed by atoms with Gasteiger partial charge >= 0.3 is 0 Å². The first-order valence-electron chi connectivity index (χ1n) is 5.59. The van der Waals surface area contributed by atoms with Crippen molar-refractivity contribution in [3.8, 4) is 5.75 Å². The van der Waals surface area contributed by atoms with E-state index in [1.807, 2.05) is 0 Å². The fraction of sp³-hybridized carbons (Fsp3) is 0.364. The molecular weight excluding hydrogens is 398 g/mol. The standard InChI is InChI=1S/C11H13Br2N3O4/c1-15-9(11(14)17)2-3-20-10-7(12)4-6(16(18)19)5-8(10)13/h4-5,9,15H,2-3H2,1H3,(H2,14,17). The van der Waals surface area contributed by atoms with Crippen molar-refractivity contribution in [3.05, 3.63) is 31.2 Å². The minimum Gasteiger partial charge on any atom is -0.491 e. The molecule has 9 heteroatoms. The summed E-state index contributed by atoms with van der Waals surface area (Å²) in [5.41, 5.74) is 5.13. The molecule has 1 aromatic rings. The highest BCUT2D eigenvalue weighted by Crippen LogP contribution is 2.37. The number of nitro benzene ring substituents is 1. The summed E-state index contributed by atoms with van der Waals surface area (Å²) in [6, 6.07) is 2.22. The Morgan fingerprint density at radius 2 is 2.05 bits per heavy atom. The molecule has 20 heavy (non-hydrogen) atoms. The molecule has 1 atom stereocenters. The summed E-state index contributed by atoms with van der Waals surface area (Å²) in [4.78, 5) is 21.2. The highest BCUT2D eigenvalue weighted by molar-refractivity contribution is 9.11. The molecule has 1 aromatic carbocycles. The van der Waals surface area contributed by atoms with Gasteiger partial charge in [0.1, 0.15) is 5.75 Å². The molecule has 1 unspecified atom stereocenters. The van der Waals surface area contributed by atoms with Crippen LogP contribution in [-0.2, 0) is 4.79 Å². The number of likely N-dealkylation sites (N-methyl/N-ethyl adjacent to an activating group) is 1. The van der Waals surface area contributed by atoms with E-state index in [9.17, 15) is 14.9 Å². The molecule has 0 aliphatic rings. The zero-order valence-electron chi connectivity index (χ0n) is 10.6. The number of carbonyl (C=O) groups excluding carboxylic acids is 1. The quantitative estimate of drug-likeness (QED) is 0.527. The maximum Gasteiger partial charge on any atom is 0.271 e. The lowest BCUT2D eigenvalue weighted by atomic mass is 10.2. The minimum absolute atomic E-state index is 0.0543. The number of nitro groups is 1. The highest BCUT2D eigenvalue weighted by atomic mass is 79.9. The van der Waals surface area contributed by atoms with E-state index in [-0.39, 0.29) is 12.3 Å². The van der Waals surface area contributed by atoms with E-state index in [1.54, 1.807) is 7.05 Å². The van der Waals surface area contributed by atoms with Crippen LogP contribution in [-0.4, -0.2) is 30.5 Å². The summed E-state index contributed by atoms with van der Waals surface area (Å²) in [5.74, 6) is -0.0205. The van der Waals surface area contributed by atoms with Crippen LogP contribution in [0.15, 0.2) is 21.1 Å². The Balaban J connectivity index is 2.74. The molecule has 0 aliphatic carbocycles. The topological polar surface area (TPSA) is 107 Å². The Labute approximate surface area is 132 Å². The van der Waals surface area contributed by atoms with Crippen LogP contribution in [0, 0.1) is 10.1 Å². The number of halogens is 2. The molecule has 0 heterocycles. The molecule has 0 spiro atoms. The number of hydrogen-bond acceptors (Lipinski definition) is 5. The second-order valence-corrected chi connectivity index (χ2v) is 5.59. The van der Waals surface area contributed by atoms with Crippen LogP contribution in [0.25, 0.3) is 0 Å². The van der Waals surface area contributed by atoms with E-state index in [0.29, 0.717) is 21.1 Å². The van der Waals surface area contributed by atoms with Crippen molar-refractivity contribution in [1.29, 1.82) is 0 Å². The van der Waals surface area contributed by atoms with Crippen LogP contribution < -0.4 is 15.8 Å². The van der Waals surface area contributed by atoms with E-state index in [1.165, 1.54) is 12.1 Å². The molecule has 3 N–H and O–H groups in total. The van der Waals surface area contributed by atoms with E-state index in [2.05, 4.69) is 37.2 Å². The van der Waals surface area contributed by atoms with Crippen molar-refractivity contribution in [2.45, 2.75) is 12.5 Å². The van der Waals surface area contributed by atoms with Gasteiger partial charge in [0.25, 0.3) is 5.69 Å². The molecule has 1 rings (SSSR count). The lowest BCUT2D eigenvalue weighted by molar-refractivity contribution is -0.385. The number of nitrogens with two attached hydrogens (primary N) is 1. The molecule has 0 bridgehead atoms. The lowest BCUT2D eigenvalue weighted by Gasteiger charge is -2.14. The summed E-state index contributed by atoms with van der Waals surface area (Å²) in [6.45, 7) is 0.240. The summed E-state index contributed by atoms with van der Waals surface area (Å²) in [6.07, 6.45) is 0.391. The van der Waals surface area contributed by atoms with Gasteiger partial charge in [-0.05, 0) is 38.9 Å². The summed E-state index contributed by atoms with van der Waals surface area (Å²) < 4.78 is 6.43. The third kappa shape index (κ3) is 4.43. The van der Waals surface area contributed by atoms with Crippen molar-refractivity contribution in [1.82, 2.24) is 5.32 Å². The van der Waals surface area contributed by atoms with Gasteiger partial charge < -0.3 is 15.8 Å². The van der Waals surface area contributed by atoms with Crippen molar-refractivity contribution in [2.75, 3.05) is 13.7 Å². The first-order valence-corrected chi connectivity index (χ1v) is 7.18. The molecular formula is C11H13Br2N3O4. The maximum atomic E-state index is 11.0. The van der Waals surface area contributed by atoms with Crippen molar-refractivity contribution in [3.63, 3.8) is 0 Å². The number of nitrogens with zero attached hydrogens (tertiary/aromatic N) is 1. The fourth-order valence-corrected chi connectivity index (χ4v) is 2.89. The Morgan fingerprint density at radius 3 is 2.45 bits per heavy atom. The maximum absolute atomic E-state index is 11.0. The van der Waals surface area contributed by atoms with Crippen molar-refractivity contribution in [2.24, 2.45) is 5.73 Å². The van der Waals surface area contributed by atoms with Gasteiger partial charge in [0.15, 0.2) is 0 Å². The second-order valence-electron chi connectivity index (χ2n) is 3.88. The van der Waals surface area contributed by atoms with Gasteiger partial charge in [0.2, 0.25) is 5.91 Å².